The van der Waals surface area contributed by atoms with Crippen molar-refractivity contribution in [2.45, 2.75) is 6.92 Å². The normalized spacial score (nSPS) is 10.9. The van der Waals surface area contributed by atoms with E-state index in [2.05, 4.69) is 20.9 Å². The molecule has 2 aromatic carbocycles. The topological polar surface area (TPSA) is 32.9 Å². The SMILES string of the molecule is Cc1c(Cl)cccc1C(=O)c1c[nH]c2ccc(Br)cc12. The number of nitrogens with one attached hydrogen (secondary N) is 1. The largest absolute Gasteiger partial charge is 0.360 e. The van der Waals surface area contributed by atoms with Gasteiger partial charge in [-0.2, -0.15) is 0 Å². The highest BCUT2D eigenvalue weighted by atomic mass is 79.9. The smallest absolute Gasteiger partial charge is 0.195 e. The number of ketones is 1. The lowest BCUT2D eigenvalue weighted by Gasteiger charge is -2.06. The molecule has 0 fully saturated rings. The van der Waals surface area contributed by atoms with Gasteiger partial charge in [0.15, 0.2) is 5.78 Å². The van der Waals surface area contributed by atoms with Crippen molar-refractivity contribution in [1.82, 2.24) is 4.98 Å². The van der Waals surface area contributed by atoms with Gasteiger partial charge in [0, 0.05) is 37.7 Å². The molecule has 0 unspecified atom stereocenters. The predicted octanol–water partition coefficient (Wildman–Crippen LogP) is 5.12. The Morgan fingerprint density at radius 1 is 1.20 bits per heavy atom. The maximum Gasteiger partial charge on any atom is 0.195 e. The molecule has 20 heavy (non-hydrogen) atoms. The van der Waals surface area contributed by atoms with Crippen LogP contribution in [0.3, 0.4) is 0 Å². The van der Waals surface area contributed by atoms with Crippen molar-refractivity contribution in [3.05, 3.63) is 68.8 Å². The first-order valence-electron chi connectivity index (χ1n) is 6.14. The van der Waals surface area contributed by atoms with Crippen LogP contribution in [0.15, 0.2) is 47.1 Å². The maximum absolute atomic E-state index is 12.7. The van der Waals surface area contributed by atoms with Gasteiger partial charge in [-0.15, -0.1) is 0 Å². The van der Waals surface area contributed by atoms with Crippen molar-refractivity contribution in [3.8, 4) is 0 Å². The molecule has 0 amide bonds. The second kappa shape index (κ2) is 5.08. The van der Waals surface area contributed by atoms with Crippen LogP contribution in [0.1, 0.15) is 21.5 Å². The average molecular weight is 349 g/mol. The number of halogens is 2. The highest BCUT2D eigenvalue weighted by Crippen LogP contribution is 2.27. The van der Waals surface area contributed by atoms with Crippen molar-refractivity contribution < 1.29 is 4.79 Å². The molecule has 0 aliphatic rings. The molecule has 1 aromatic heterocycles. The summed E-state index contributed by atoms with van der Waals surface area (Å²) in [5.41, 5.74) is 3.05. The van der Waals surface area contributed by atoms with Gasteiger partial charge in [-0.25, -0.2) is 0 Å². The van der Waals surface area contributed by atoms with Crippen LogP contribution in [0.2, 0.25) is 5.02 Å². The van der Waals surface area contributed by atoms with Crippen LogP contribution in [0.4, 0.5) is 0 Å². The number of aromatic nitrogens is 1. The minimum atomic E-state index is -0.0191. The Bertz CT molecular complexity index is 822. The summed E-state index contributed by atoms with van der Waals surface area (Å²) in [6, 6.07) is 11.2. The molecule has 2 nitrogen and oxygen atoms in total. The van der Waals surface area contributed by atoms with Gasteiger partial charge < -0.3 is 4.98 Å². The van der Waals surface area contributed by atoms with Crippen molar-refractivity contribution in [1.29, 1.82) is 0 Å². The zero-order valence-electron chi connectivity index (χ0n) is 10.7. The summed E-state index contributed by atoms with van der Waals surface area (Å²) in [6.45, 7) is 1.86. The summed E-state index contributed by atoms with van der Waals surface area (Å²) in [5, 5.41) is 1.51. The second-order valence-corrected chi connectivity index (χ2v) is 5.96. The summed E-state index contributed by atoms with van der Waals surface area (Å²) in [6.07, 6.45) is 1.75. The van der Waals surface area contributed by atoms with Crippen molar-refractivity contribution in [2.24, 2.45) is 0 Å². The van der Waals surface area contributed by atoms with E-state index in [-0.39, 0.29) is 5.78 Å². The number of aromatic amines is 1. The molecule has 0 aliphatic carbocycles. The number of carbonyl (C=O) groups excluding carboxylic acids is 1. The molecular formula is C16H11BrClNO. The number of rotatable bonds is 2. The Hall–Kier alpha value is -1.58. The number of fused-ring (bicyclic) bond motifs is 1. The predicted molar refractivity (Wildman–Crippen MR) is 85.6 cm³/mol. The van der Waals surface area contributed by atoms with Crippen LogP contribution in [0.5, 0.6) is 0 Å². The van der Waals surface area contributed by atoms with Gasteiger partial charge in [0.2, 0.25) is 0 Å². The Morgan fingerprint density at radius 3 is 2.80 bits per heavy atom. The molecule has 1 N–H and O–H groups in total. The number of carbonyl (C=O) groups is 1. The van der Waals surface area contributed by atoms with Gasteiger partial charge >= 0.3 is 0 Å². The molecule has 3 rings (SSSR count). The van der Waals surface area contributed by atoms with E-state index in [1.165, 1.54) is 0 Å². The second-order valence-electron chi connectivity index (χ2n) is 4.63. The van der Waals surface area contributed by atoms with Gasteiger partial charge in [-0.05, 0) is 36.8 Å². The number of hydrogen-bond donors (Lipinski definition) is 1. The van der Waals surface area contributed by atoms with E-state index in [0.717, 1.165) is 20.9 Å². The number of hydrogen-bond acceptors (Lipinski definition) is 1. The van der Waals surface area contributed by atoms with Gasteiger partial charge in [-0.3, -0.25) is 4.79 Å². The average Bonchev–Trinajstić information content (AvgIpc) is 2.84. The minimum absolute atomic E-state index is 0.0191. The van der Waals surface area contributed by atoms with E-state index in [4.69, 9.17) is 11.6 Å². The molecule has 0 radical (unpaired) electrons. The van der Waals surface area contributed by atoms with Crippen LogP contribution in [-0.2, 0) is 0 Å². The monoisotopic (exact) mass is 347 g/mol. The summed E-state index contributed by atoms with van der Waals surface area (Å²) in [4.78, 5) is 15.8. The third-order valence-electron chi connectivity index (χ3n) is 3.40. The third kappa shape index (κ3) is 2.17. The third-order valence-corrected chi connectivity index (χ3v) is 4.30. The van der Waals surface area contributed by atoms with Gasteiger partial charge in [-0.1, -0.05) is 39.7 Å². The van der Waals surface area contributed by atoms with E-state index >= 15 is 0 Å². The van der Waals surface area contributed by atoms with Crippen LogP contribution >= 0.6 is 27.5 Å². The van der Waals surface area contributed by atoms with E-state index < -0.39 is 0 Å². The molecule has 1 heterocycles. The number of benzene rings is 2. The Balaban J connectivity index is 2.18. The maximum atomic E-state index is 12.7. The molecule has 0 spiro atoms. The molecular weight excluding hydrogens is 338 g/mol. The van der Waals surface area contributed by atoms with Crippen LogP contribution in [-0.4, -0.2) is 10.8 Å². The lowest BCUT2D eigenvalue weighted by atomic mass is 9.99. The van der Waals surface area contributed by atoms with Crippen molar-refractivity contribution in [2.75, 3.05) is 0 Å². The van der Waals surface area contributed by atoms with Crippen molar-refractivity contribution >= 4 is 44.2 Å². The molecule has 0 saturated carbocycles. The zero-order valence-corrected chi connectivity index (χ0v) is 13.0. The summed E-state index contributed by atoms with van der Waals surface area (Å²) >= 11 is 9.53. The Kier molecular flexibility index (Phi) is 3.40. The van der Waals surface area contributed by atoms with Gasteiger partial charge in [0.25, 0.3) is 0 Å². The van der Waals surface area contributed by atoms with E-state index in [1.54, 1.807) is 24.4 Å². The van der Waals surface area contributed by atoms with Crippen molar-refractivity contribution in [3.63, 3.8) is 0 Å². The standard InChI is InChI=1S/C16H11BrClNO/c1-9-11(3-2-4-14(9)18)16(20)13-8-19-15-6-5-10(17)7-12(13)15/h2-8,19H,1H3. The minimum Gasteiger partial charge on any atom is -0.360 e. The first kappa shape index (κ1) is 13.4. The Labute approximate surface area is 129 Å². The molecule has 0 saturated heterocycles. The lowest BCUT2D eigenvalue weighted by molar-refractivity contribution is 0.104. The number of H-pyrrole nitrogens is 1. The van der Waals surface area contributed by atoms with Gasteiger partial charge in [0.1, 0.15) is 0 Å². The van der Waals surface area contributed by atoms with Gasteiger partial charge in [0.05, 0.1) is 0 Å². The fourth-order valence-electron chi connectivity index (χ4n) is 2.28. The van der Waals surface area contributed by atoms with Crippen LogP contribution in [0.25, 0.3) is 10.9 Å². The van der Waals surface area contributed by atoms with E-state index in [9.17, 15) is 4.79 Å². The molecule has 3 aromatic rings. The molecule has 100 valence electrons. The zero-order chi connectivity index (χ0) is 14.3. The lowest BCUT2D eigenvalue weighted by Crippen LogP contribution is -2.03. The van der Waals surface area contributed by atoms with E-state index in [0.29, 0.717) is 16.1 Å². The fraction of sp³-hybridized carbons (Fsp3) is 0.0625. The molecule has 0 aliphatic heterocycles. The highest BCUT2D eigenvalue weighted by molar-refractivity contribution is 9.10. The molecule has 0 bridgehead atoms. The first-order chi connectivity index (χ1) is 9.58. The molecule has 0 atom stereocenters. The Morgan fingerprint density at radius 2 is 2.00 bits per heavy atom. The first-order valence-corrected chi connectivity index (χ1v) is 7.31. The van der Waals surface area contributed by atoms with Crippen LogP contribution in [0, 0.1) is 6.92 Å². The highest BCUT2D eigenvalue weighted by Gasteiger charge is 2.17. The summed E-state index contributed by atoms with van der Waals surface area (Å²) < 4.78 is 0.946. The van der Waals surface area contributed by atoms with E-state index in [1.807, 2.05) is 25.1 Å². The molecule has 4 heteroatoms. The quantitative estimate of drug-likeness (QED) is 0.640. The summed E-state index contributed by atoms with van der Waals surface area (Å²) in [5.74, 6) is -0.0191. The fourth-order valence-corrected chi connectivity index (χ4v) is 2.81. The summed E-state index contributed by atoms with van der Waals surface area (Å²) in [7, 11) is 0. The van der Waals surface area contributed by atoms with Crippen LogP contribution < -0.4 is 0 Å².